The molecule has 0 fully saturated rings. The predicted molar refractivity (Wildman–Crippen MR) is 69.1 cm³/mol. The van der Waals surface area contributed by atoms with Gasteiger partial charge < -0.3 is 9.88 Å². The molecule has 18 heavy (non-hydrogen) atoms. The predicted octanol–water partition coefficient (Wildman–Crippen LogP) is 2.22. The Morgan fingerprint density at radius 2 is 2.06 bits per heavy atom. The first-order valence-corrected chi connectivity index (χ1v) is 5.70. The highest BCUT2D eigenvalue weighted by atomic mass is 16.6. The number of nitro benzene ring substituents is 1. The van der Waals surface area contributed by atoms with Gasteiger partial charge in [-0.15, -0.1) is 0 Å². The van der Waals surface area contributed by atoms with Crippen molar-refractivity contribution in [2.45, 2.75) is 13.1 Å². The lowest BCUT2D eigenvalue weighted by Crippen LogP contribution is -2.12. The molecule has 0 atom stereocenters. The average molecular weight is 245 g/mol. The topological polar surface area (TPSA) is 60.1 Å². The summed E-state index contributed by atoms with van der Waals surface area (Å²) < 4.78 is 1.99. The molecule has 0 bridgehead atoms. The summed E-state index contributed by atoms with van der Waals surface area (Å²) in [7, 11) is 1.98. The van der Waals surface area contributed by atoms with Crippen molar-refractivity contribution in [2.75, 3.05) is 0 Å². The monoisotopic (exact) mass is 245 g/mol. The van der Waals surface area contributed by atoms with E-state index in [2.05, 4.69) is 5.32 Å². The lowest BCUT2D eigenvalue weighted by Gasteiger charge is -2.03. The van der Waals surface area contributed by atoms with Gasteiger partial charge in [-0.05, 0) is 17.2 Å². The van der Waals surface area contributed by atoms with Crippen LogP contribution >= 0.6 is 0 Å². The molecule has 1 N–H and O–H groups in total. The molecule has 5 heteroatoms. The van der Waals surface area contributed by atoms with Crippen molar-refractivity contribution in [1.82, 2.24) is 9.88 Å². The van der Waals surface area contributed by atoms with Gasteiger partial charge in [0.25, 0.3) is 5.69 Å². The summed E-state index contributed by atoms with van der Waals surface area (Å²) in [5, 5.41) is 13.9. The molecular formula is C13H15N3O2. The molecule has 0 saturated carbocycles. The van der Waals surface area contributed by atoms with Gasteiger partial charge in [-0.3, -0.25) is 10.1 Å². The Morgan fingerprint density at radius 3 is 2.72 bits per heavy atom. The van der Waals surface area contributed by atoms with Crippen LogP contribution in [-0.4, -0.2) is 9.49 Å². The van der Waals surface area contributed by atoms with Crippen LogP contribution in [0.4, 0.5) is 5.69 Å². The van der Waals surface area contributed by atoms with Gasteiger partial charge in [-0.25, -0.2) is 0 Å². The SMILES string of the molecule is Cn1ccc(CNCc2cccc([N+](=O)[O-])c2)c1. The van der Waals surface area contributed by atoms with Crippen molar-refractivity contribution >= 4 is 5.69 Å². The molecule has 0 aliphatic heterocycles. The third-order valence-electron chi connectivity index (χ3n) is 2.67. The van der Waals surface area contributed by atoms with Crippen LogP contribution < -0.4 is 5.32 Å². The second kappa shape index (κ2) is 5.46. The van der Waals surface area contributed by atoms with Crippen molar-refractivity contribution in [2.24, 2.45) is 7.05 Å². The molecule has 2 rings (SSSR count). The Hall–Kier alpha value is -2.14. The summed E-state index contributed by atoms with van der Waals surface area (Å²) in [6.45, 7) is 1.38. The Bertz CT molecular complexity index is 549. The second-order valence-electron chi connectivity index (χ2n) is 4.22. The molecule has 1 aromatic heterocycles. The molecule has 94 valence electrons. The van der Waals surface area contributed by atoms with Crippen LogP contribution in [0.5, 0.6) is 0 Å². The molecule has 0 radical (unpaired) electrons. The average Bonchev–Trinajstić information content (AvgIpc) is 2.75. The summed E-state index contributed by atoms with van der Waals surface area (Å²) in [4.78, 5) is 10.3. The highest BCUT2D eigenvalue weighted by molar-refractivity contribution is 5.34. The Labute approximate surface area is 105 Å². The highest BCUT2D eigenvalue weighted by Crippen LogP contribution is 2.12. The zero-order valence-electron chi connectivity index (χ0n) is 10.2. The van der Waals surface area contributed by atoms with Crippen LogP contribution in [0.3, 0.4) is 0 Å². The van der Waals surface area contributed by atoms with Gasteiger partial charge in [0.1, 0.15) is 0 Å². The number of nitrogens with one attached hydrogen (secondary N) is 1. The molecule has 1 heterocycles. The zero-order chi connectivity index (χ0) is 13.0. The number of nitro groups is 1. The Balaban J connectivity index is 1.90. The molecule has 1 aromatic carbocycles. The van der Waals surface area contributed by atoms with Gasteiger partial charge >= 0.3 is 0 Å². The second-order valence-corrected chi connectivity index (χ2v) is 4.22. The molecule has 0 amide bonds. The number of benzene rings is 1. The first kappa shape index (κ1) is 12.3. The summed E-state index contributed by atoms with van der Waals surface area (Å²) in [5.41, 5.74) is 2.25. The van der Waals surface area contributed by atoms with Crippen LogP contribution in [0.25, 0.3) is 0 Å². The van der Waals surface area contributed by atoms with Crippen molar-refractivity contribution in [3.63, 3.8) is 0 Å². The normalized spacial score (nSPS) is 10.5. The van der Waals surface area contributed by atoms with E-state index in [9.17, 15) is 10.1 Å². The van der Waals surface area contributed by atoms with Gasteiger partial charge in [0.15, 0.2) is 0 Å². The van der Waals surface area contributed by atoms with Gasteiger partial charge in [0.05, 0.1) is 4.92 Å². The molecule has 0 aliphatic carbocycles. The third-order valence-corrected chi connectivity index (χ3v) is 2.67. The first-order valence-electron chi connectivity index (χ1n) is 5.70. The fourth-order valence-electron chi connectivity index (χ4n) is 1.80. The van der Waals surface area contributed by atoms with E-state index >= 15 is 0 Å². The zero-order valence-corrected chi connectivity index (χ0v) is 10.2. The van der Waals surface area contributed by atoms with E-state index < -0.39 is 0 Å². The van der Waals surface area contributed by atoms with Gasteiger partial charge in [0.2, 0.25) is 0 Å². The quantitative estimate of drug-likeness (QED) is 0.649. The Kier molecular flexibility index (Phi) is 3.74. The minimum atomic E-state index is -0.374. The summed E-state index contributed by atoms with van der Waals surface area (Å²) in [6, 6.07) is 8.72. The number of hydrogen-bond donors (Lipinski definition) is 1. The lowest BCUT2D eigenvalue weighted by molar-refractivity contribution is -0.384. The van der Waals surface area contributed by atoms with E-state index in [-0.39, 0.29) is 10.6 Å². The number of hydrogen-bond acceptors (Lipinski definition) is 3. The van der Waals surface area contributed by atoms with Gasteiger partial charge in [-0.2, -0.15) is 0 Å². The highest BCUT2D eigenvalue weighted by Gasteiger charge is 2.05. The van der Waals surface area contributed by atoms with Crippen molar-refractivity contribution < 1.29 is 4.92 Å². The van der Waals surface area contributed by atoms with E-state index in [4.69, 9.17) is 0 Å². The summed E-state index contributed by atoms with van der Waals surface area (Å²) in [5.74, 6) is 0. The molecule has 2 aromatic rings. The Morgan fingerprint density at radius 1 is 1.28 bits per heavy atom. The first-order chi connectivity index (χ1) is 8.65. The molecule has 5 nitrogen and oxygen atoms in total. The maximum absolute atomic E-state index is 10.6. The smallest absolute Gasteiger partial charge is 0.269 e. The van der Waals surface area contributed by atoms with Crippen LogP contribution in [-0.2, 0) is 20.1 Å². The van der Waals surface area contributed by atoms with E-state index in [1.807, 2.05) is 36.1 Å². The van der Waals surface area contributed by atoms with E-state index in [1.165, 1.54) is 11.6 Å². The van der Waals surface area contributed by atoms with Crippen molar-refractivity contribution in [3.05, 3.63) is 64.0 Å². The number of non-ortho nitro benzene ring substituents is 1. The fraction of sp³-hybridized carbons (Fsp3) is 0.231. The lowest BCUT2D eigenvalue weighted by atomic mass is 10.2. The maximum Gasteiger partial charge on any atom is 0.269 e. The molecular weight excluding hydrogens is 230 g/mol. The molecule has 0 spiro atoms. The number of aromatic nitrogens is 1. The molecule has 0 saturated heterocycles. The summed E-state index contributed by atoms with van der Waals surface area (Å²) >= 11 is 0. The number of nitrogens with zero attached hydrogens (tertiary/aromatic N) is 2. The van der Waals surface area contributed by atoms with E-state index in [1.54, 1.807) is 12.1 Å². The van der Waals surface area contributed by atoms with Gasteiger partial charge in [0, 0.05) is 44.7 Å². The number of aryl methyl sites for hydroxylation is 1. The standard InChI is InChI=1S/C13H15N3O2/c1-15-6-5-12(10-15)9-14-8-11-3-2-4-13(7-11)16(17)18/h2-7,10,14H,8-9H2,1H3. The number of rotatable bonds is 5. The third kappa shape index (κ3) is 3.18. The van der Waals surface area contributed by atoms with Crippen LogP contribution in [0.1, 0.15) is 11.1 Å². The van der Waals surface area contributed by atoms with Gasteiger partial charge in [-0.1, -0.05) is 12.1 Å². The molecule has 0 unspecified atom stereocenters. The van der Waals surface area contributed by atoms with Crippen LogP contribution in [0, 0.1) is 10.1 Å². The molecule has 0 aliphatic rings. The van der Waals surface area contributed by atoms with Crippen LogP contribution in [0.2, 0.25) is 0 Å². The fourth-order valence-corrected chi connectivity index (χ4v) is 1.80. The minimum Gasteiger partial charge on any atom is -0.357 e. The van der Waals surface area contributed by atoms with E-state index in [0.29, 0.717) is 6.54 Å². The summed E-state index contributed by atoms with van der Waals surface area (Å²) in [6.07, 6.45) is 4.03. The van der Waals surface area contributed by atoms with Crippen molar-refractivity contribution in [3.8, 4) is 0 Å². The van der Waals surface area contributed by atoms with Crippen LogP contribution in [0.15, 0.2) is 42.7 Å². The minimum absolute atomic E-state index is 0.133. The van der Waals surface area contributed by atoms with E-state index in [0.717, 1.165) is 12.1 Å². The van der Waals surface area contributed by atoms with Crippen molar-refractivity contribution in [1.29, 1.82) is 0 Å². The largest absolute Gasteiger partial charge is 0.357 e. The maximum atomic E-state index is 10.6.